The van der Waals surface area contributed by atoms with Crippen LogP contribution in [0.4, 0.5) is 0 Å². The molecule has 38 heavy (non-hydrogen) atoms. The van der Waals surface area contributed by atoms with E-state index in [1.54, 1.807) is 22.8 Å². The summed E-state index contributed by atoms with van der Waals surface area (Å²) in [5.74, 6) is 0.285. The van der Waals surface area contributed by atoms with Crippen LogP contribution in [-0.4, -0.2) is 69.2 Å². The van der Waals surface area contributed by atoms with Crippen molar-refractivity contribution in [3.63, 3.8) is 0 Å². The zero-order chi connectivity index (χ0) is 26.6. The maximum absolute atomic E-state index is 13.0. The highest BCUT2D eigenvalue weighted by Gasteiger charge is 2.26. The van der Waals surface area contributed by atoms with E-state index in [4.69, 9.17) is 27.6 Å². The number of para-hydroxylation sites is 1. The maximum Gasteiger partial charge on any atom is 0.275 e. The molecule has 0 unspecified atom stereocenters. The number of H-pyrrole nitrogens is 1. The molecule has 1 fully saturated rings. The van der Waals surface area contributed by atoms with Crippen LogP contribution in [0.15, 0.2) is 59.3 Å². The smallest absolute Gasteiger partial charge is 0.275 e. The van der Waals surface area contributed by atoms with Crippen LogP contribution in [-0.2, 0) is 24.3 Å². The van der Waals surface area contributed by atoms with Crippen molar-refractivity contribution in [2.75, 3.05) is 32.7 Å². The second-order valence-electron chi connectivity index (χ2n) is 9.46. The highest BCUT2D eigenvalue weighted by molar-refractivity contribution is 6.42. The predicted octanol–water partition coefficient (Wildman–Crippen LogP) is 5.01. The number of halogens is 2. The van der Waals surface area contributed by atoms with Gasteiger partial charge >= 0.3 is 0 Å². The minimum Gasteiger partial charge on any atom is -0.447 e. The third kappa shape index (κ3) is 5.88. The molecule has 1 aliphatic heterocycles. The van der Waals surface area contributed by atoms with Gasteiger partial charge in [0.2, 0.25) is 11.8 Å². The van der Waals surface area contributed by atoms with E-state index in [0.29, 0.717) is 61.7 Å². The van der Waals surface area contributed by atoms with Gasteiger partial charge in [-0.15, -0.1) is 0 Å². The standard InChI is InChI=1S/C28H29Cl2N5O3/c1-19(36)34-11-13-35(14-12-34)28(37)25-18-38-26(32-25)17-33(16-21-5-4-7-23(29)27(21)30)10-9-20-15-31-24-8-3-2-6-22(20)24/h2-8,15,18,31H,9-14,16-17H2,1H3. The largest absolute Gasteiger partial charge is 0.447 e. The number of nitrogens with zero attached hydrogens (tertiary/aromatic N) is 4. The Morgan fingerprint density at radius 2 is 1.76 bits per heavy atom. The van der Waals surface area contributed by atoms with Crippen molar-refractivity contribution in [3.05, 3.63) is 87.7 Å². The van der Waals surface area contributed by atoms with Crippen LogP contribution < -0.4 is 0 Å². The summed E-state index contributed by atoms with van der Waals surface area (Å²) in [6, 6.07) is 13.8. The van der Waals surface area contributed by atoms with Gasteiger partial charge in [0.05, 0.1) is 16.6 Å². The Hall–Kier alpha value is -3.33. The predicted molar refractivity (Wildman–Crippen MR) is 147 cm³/mol. The van der Waals surface area contributed by atoms with Crippen LogP contribution in [0, 0.1) is 0 Å². The van der Waals surface area contributed by atoms with Gasteiger partial charge in [-0.05, 0) is 29.7 Å². The topological polar surface area (TPSA) is 85.7 Å². The molecular weight excluding hydrogens is 525 g/mol. The summed E-state index contributed by atoms with van der Waals surface area (Å²) in [5, 5.41) is 2.23. The van der Waals surface area contributed by atoms with Gasteiger partial charge in [0.25, 0.3) is 5.91 Å². The van der Waals surface area contributed by atoms with Gasteiger partial charge < -0.3 is 19.2 Å². The van der Waals surface area contributed by atoms with Crippen molar-refractivity contribution in [3.8, 4) is 0 Å². The molecule has 8 nitrogen and oxygen atoms in total. The number of hydrogen-bond acceptors (Lipinski definition) is 5. The van der Waals surface area contributed by atoms with Crippen molar-refractivity contribution in [2.45, 2.75) is 26.4 Å². The number of fused-ring (bicyclic) bond motifs is 1. The Labute approximate surface area is 231 Å². The number of hydrogen-bond donors (Lipinski definition) is 1. The Balaban J connectivity index is 1.30. The van der Waals surface area contributed by atoms with E-state index in [9.17, 15) is 9.59 Å². The lowest BCUT2D eigenvalue weighted by molar-refractivity contribution is -0.130. The summed E-state index contributed by atoms with van der Waals surface area (Å²) in [6.07, 6.45) is 4.26. The molecular formula is C28H29Cl2N5O3. The second-order valence-corrected chi connectivity index (χ2v) is 10.2. The Kier molecular flexibility index (Phi) is 8.02. The lowest BCUT2D eigenvalue weighted by atomic mass is 10.1. The van der Waals surface area contributed by atoms with Crippen LogP contribution in [0.2, 0.25) is 10.0 Å². The van der Waals surface area contributed by atoms with Gasteiger partial charge in [0.1, 0.15) is 6.26 Å². The Bertz CT molecular complexity index is 1440. The van der Waals surface area contributed by atoms with E-state index in [2.05, 4.69) is 27.0 Å². The number of piperazine rings is 1. The van der Waals surface area contributed by atoms with Crippen LogP contribution in [0.3, 0.4) is 0 Å². The summed E-state index contributed by atoms with van der Waals surface area (Å²) in [5.41, 5.74) is 3.50. The molecule has 3 heterocycles. The van der Waals surface area contributed by atoms with Gasteiger partial charge in [0, 0.05) is 63.3 Å². The van der Waals surface area contributed by atoms with E-state index in [-0.39, 0.29) is 17.5 Å². The van der Waals surface area contributed by atoms with Crippen molar-refractivity contribution in [1.29, 1.82) is 0 Å². The molecule has 2 aromatic heterocycles. The number of amides is 2. The fourth-order valence-electron chi connectivity index (χ4n) is 4.80. The highest BCUT2D eigenvalue weighted by Crippen LogP contribution is 2.27. The lowest BCUT2D eigenvalue weighted by Gasteiger charge is -2.33. The van der Waals surface area contributed by atoms with Gasteiger partial charge in [-0.25, -0.2) is 4.98 Å². The minimum atomic E-state index is -0.188. The first-order valence-electron chi connectivity index (χ1n) is 12.6. The molecule has 2 amide bonds. The second kappa shape index (κ2) is 11.6. The third-order valence-electron chi connectivity index (χ3n) is 6.94. The summed E-state index contributed by atoms with van der Waals surface area (Å²) in [7, 11) is 0. The quantitative estimate of drug-likeness (QED) is 0.331. The van der Waals surface area contributed by atoms with Gasteiger partial charge in [-0.1, -0.05) is 53.5 Å². The first kappa shape index (κ1) is 26.3. The van der Waals surface area contributed by atoms with E-state index in [0.717, 1.165) is 17.5 Å². The highest BCUT2D eigenvalue weighted by atomic mass is 35.5. The van der Waals surface area contributed by atoms with Crippen molar-refractivity contribution in [1.82, 2.24) is 24.7 Å². The zero-order valence-corrected chi connectivity index (χ0v) is 22.6. The third-order valence-corrected chi connectivity index (χ3v) is 7.80. The number of nitrogens with one attached hydrogen (secondary N) is 1. The first-order chi connectivity index (χ1) is 18.4. The normalized spacial score (nSPS) is 14.0. The maximum atomic E-state index is 13.0. The molecule has 0 aliphatic carbocycles. The first-order valence-corrected chi connectivity index (χ1v) is 13.3. The number of benzene rings is 2. The fraction of sp³-hybridized carbons (Fsp3) is 0.321. The van der Waals surface area contributed by atoms with Crippen LogP contribution in [0.1, 0.15) is 34.4 Å². The molecule has 1 N–H and O–H groups in total. The average Bonchev–Trinajstić information content (AvgIpc) is 3.56. The number of aromatic nitrogens is 2. The molecule has 0 atom stereocenters. The minimum absolute atomic E-state index is 0.0216. The molecule has 2 aromatic carbocycles. The van der Waals surface area contributed by atoms with Crippen molar-refractivity contribution >= 4 is 45.9 Å². The van der Waals surface area contributed by atoms with Gasteiger partial charge in [-0.3, -0.25) is 14.5 Å². The van der Waals surface area contributed by atoms with Crippen LogP contribution in [0.5, 0.6) is 0 Å². The van der Waals surface area contributed by atoms with E-state index in [1.165, 1.54) is 17.2 Å². The molecule has 0 spiro atoms. The SMILES string of the molecule is CC(=O)N1CCN(C(=O)c2coc(CN(CCc3c[nH]c4ccccc34)Cc3cccc(Cl)c3Cl)n2)CC1. The molecule has 0 bridgehead atoms. The monoisotopic (exact) mass is 553 g/mol. The number of oxazole rings is 1. The van der Waals surface area contributed by atoms with Crippen molar-refractivity contribution < 1.29 is 14.0 Å². The Morgan fingerprint density at radius 1 is 1.00 bits per heavy atom. The van der Waals surface area contributed by atoms with Crippen molar-refractivity contribution in [2.24, 2.45) is 0 Å². The van der Waals surface area contributed by atoms with Gasteiger partial charge in [0.15, 0.2) is 5.69 Å². The summed E-state index contributed by atoms with van der Waals surface area (Å²) in [4.78, 5) is 38.1. The molecule has 1 saturated heterocycles. The number of carbonyl (C=O) groups excluding carboxylic acids is 2. The van der Waals surface area contributed by atoms with Crippen LogP contribution in [0.25, 0.3) is 10.9 Å². The summed E-state index contributed by atoms with van der Waals surface area (Å²) >= 11 is 12.8. The molecule has 10 heteroatoms. The molecule has 5 rings (SSSR count). The van der Waals surface area contributed by atoms with Crippen LogP contribution >= 0.6 is 23.2 Å². The average molecular weight is 554 g/mol. The Morgan fingerprint density at radius 3 is 2.55 bits per heavy atom. The molecule has 198 valence electrons. The lowest BCUT2D eigenvalue weighted by Crippen LogP contribution is -2.50. The molecule has 0 radical (unpaired) electrons. The molecule has 4 aromatic rings. The molecule has 1 aliphatic rings. The zero-order valence-electron chi connectivity index (χ0n) is 21.1. The van der Waals surface area contributed by atoms with E-state index >= 15 is 0 Å². The fourth-order valence-corrected chi connectivity index (χ4v) is 5.18. The summed E-state index contributed by atoms with van der Waals surface area (Å²) in [6.45, 7) is 5.19. The number of rotatable bonds is 8. The van der Waals surface area contributed by atoms with E-state index < -0.39 is 0 Å². The van der Waals surface area contributed by atoms with E-state index in [1.807, 2.05) is 30.5 Å². The molecule has 0 saturated carbocycles. The summed E-state index contributed by atoms with van der Waals surface area (Å²) < 4.78 is 5.74. The van der Waals surface area contributed by atoms with Gasteiger partial charge in [-0.2, -0.15) is 0 Å². The number of aromatic amines is 1. The number of carbonyl (C=O) groups is 2.